The number of aliphatic hydroxyl groups is 1. The van der Waals surface area contributed by atoms with E-state index >= 15 is 0 Å². The minimum absolute atomic E-state index is 0.250. The van der Waals surface area contributed by atoms with Crippen LogP contribution in [0.4, 0.5) is 13.2 Å². The quantitative estimate of drug-likeness (QED) is 0.713. The van der Waals surface area contributed by atoms with Crippen LogP contribution in [0.25, 0.3) is 0 Å². The molecule has 0 amide bonds. The van der Waals surface area contributed by atoms with Gasteiger partial charge < -0.3 is 15.9 Å². The Morgan fingerprint density at radius 2 is 1.61 bits per heavy atom. The molecule has 0 aromatic rings. The van der Waals surface area contributed by atoms with Crippen molar-refractivity contribution in [2.75, 3.05) is 13.2 Å². The molecule has 0 saturated carbocycles. The summed E-state index contributed by atoms with van der Waals surface area (Å²) >= 11 is 0. The van der Waals surface area contributed by atoms with Crippen LogP contribution >= 0.6 is 0 Å². The Labute approximate surface area is 105 Å². The maximum Gasteiger partial charge on any atom is 0.490 e. The summed E-state index contributed by atoms with van der Waals surface area (Å²) in [6.07, 6.45) is -2.70. The zero-order valence-corrected chi connectivity index (χ0v) is 10.8. The van der Waals surface area contributed by atoms with Crippen LogP contribution in [0.2, 0.25) is 0 Å². The number of aliphatic carboxylic acids is 1. The van der Waals surface area contributed by atoms with Crippen molar-refractivity contribution >= 4 is 5.97 Å². The molecule has 0 aromatic heterocycles. The van der Waals surface area contributed by atoms with Gasteiger partial charge in [0.1, 0.15) is 0 Å². The molecule has 18 heavy (non-hydrogen) atoms. The van der Waals surface area contributed by atoms with Crippen LogP contribution < -0.4 is 5.73 Å². The highest BCUT2D eigenvalue weighted by atomic mass is 19.4. The molecule has 0 aliphatic carbocycles. The van der Waals surface area contributed by atoms with Gasteiger partial charge in [-0.3, -0.25) is 0 Å². The second-order valence-electron chi connectivity index (χ2n) is 2.48. The van der Waals surface area contributed by atoms with Gasteiger partial charge in [0.15, 0.2) is 0 Å². The Morgan fingerprint density at radius 1 is 1.39 bits per heavy atom. The van der Waals surface area contributed by atoms with E-state index in [0.717, 1.165) is 6.54 Å². The Hall–Kier alpha value is -1.33. The molecule has 8 heteroatoms. The van der Waals surface area contributed by atoms with Gasteiger partial charge in [-0.1, -0.05) is 13.3 Å². The predicted octanol–water partition coefficient (Wildman–Crippen LogP) is 1.91. The molecule has 0 aliphatic heterocycles. The van der Waals surface area contributed by atoms with E-state index in [1.165, 1.54) is 19.8 Å². The zero-order valence-electron chi connectivity index (χ0n) is 10.8. The first-order chi connectivity index (χ1) is 8.19. The van der Waals surface area contributed by atoms with E-state index < -0.39 is 12.1 Å². The molecule has 0 aromatic carbocycles. The van der Waals surface area contributed by atoms with Crippen LogP contribution in [0.1, 0.15) is 33.6 Å². The number of hydrogen-bond donors (Lipinski definition) is 3. The van der Waals surface area contributed by atoms with Gasteiger partial charge in [-0.25, -0.2) is 4.79 Å². The van der Waals surface area contributed by atoms with Crippen molar-refractivity contribution in [2.45, 2.75) is 39.8 Å². The molecule has 0 bridgehead atoms. The SMILES string of the molecule is CC#N.CCCCN.CCO.O=C(O)C(F)(F)F. The Bertz CT molecular complexity index is 202. The molecular formula is C10H21F3N2O3. The standard InChI is InChI=1S/C4H11N.C2HF3O2.C2H3N.C2H6O/c1-2-3-4-5;3-2(4,5)1(6)7;2*1-2-3/h2-5H2,1H3;(H,6,7);1H3;3H,2H2,1H3. The predicted molar refractivity (Wildman–Crippen MR) is 61.7 cm³/mol. The van der Waals surface area contributed by atoms with Crippen LogP contribution in [0.15, 0.2) is 0 Å². The molecule has 5 nitrogen and oxygen atoms in total. The summed E-state index contributed by atoms with van der Waals surface area (Å²) < 4.78 is 31.7. The van der Waals surface area contributed by atoms with Crippen LogP contribution in [-0.2, 0) is 4.79 Å². The van der Waals surface area contributed by atoms with Crippen molar-refractivity contribution in [1.82, 2.24) is 0 Å². The van der Waals surface area contributed by atoms with Gasteiger partial charge in [0.05, 0.1) is 6.07 Å². The summed E-state index contributed by atoms with van der Waals surface area (Å²) in [5.74, 6) is -2.76. The van der Waals surface area contributed by atoms with Gasteiger partial charge in [-0.15, -0.1) is 0 Å². The molecule has 0 saturated heterocycles. The van der Waals surface area contributed by atoms with Gasteiger partial charge in [-0.05, 0) is 19.9 Å². The fourth-order valence-corrected chi connectivity index (χ4v) is 0.204. The van der Waals surface area contributed by atoms with E-state index in [1.807, 2.05) is 0 Å². The summed E-state index contributed by atoms with van der Waals surface area (Å²) in [4.78, 5) is 8.90. The normalized spacial score (nSPS) is 8.17. The zero-order chi connectivity index (χ0) is 15.6. The summed E-state index contributed by atoms with van der Waals surface area (Å²) in [6.45, 7) is 6.34. The number of unbranched alkanes of at least 4 members (excludes halogenated alkanes) is 1. The summed E-state index contributed by atoms with van der Waals surface area (Å²) in [5.41, 5.74) is 5.14. The van der Waals surface area contributed by atoms with Crippen LogP contribution in [-0.4, -0.2) is 35.5 Å². The topological polar surface area (TPSA) is 107 Å². The molecule has 0 radical (unpaired) electrons. The number of nitrogens with zero attached hydrogens (tertiary/aromatic N) is 1. The minimum atomic E-state index is -5.08. The molecule has 0 aliphatic rings. The summed E-state index contributed by atoms with van der Waals surface area (Å²) in [7, 11) is 0. The number of aliphatic hydroxyl groups excluding tert-OH is 1. The van der Waals surface area contributed by atoms with Crippen molar-refractivity contribution in [2.24, 2.45) is 5.73 Å². The molecule has 4 N–H and O–H groups in total. The number of nitriles is 1. The molecule has 0 heterocycles. The third-order valence-corrected chi connectivity index (χ3v) is 0.800. The molecule has 0 spiro atoms. The number of hydrogen-bond acceptors (Lipinski definition) is 4. The van der Waals surface area contributed by atoms with Gasteiger partial charge in [0.2, 0.25) is 0 Å². The number of alkyl halides is 3. The monoisotopic (exact) mass is 274 g/mol. The van der Waals surface area contributed by atoms with Crippen molar-refractivity contribution in [3.05, 3.63) is 0 Å². The summed E-state index contributed by atoms with van der Waals surface area (Å²) in [6, 6.07) is 1.75. The average molecular weight is 274 g/mol. The first-order valence-corrected chi connectivity index (χ1v) is 5.11. The molecular weight excluding hydrogens is 253 g/mol. The van der Waals surface area contributed by atoms with Crippen molar-refractivity contribution < 1.29 is 28.2 Å². The van der Waals surface area contributed by atoms with Gasteiger partial charge in [-0.2, -0.15) is 18.4 Å². The van der Waals surface area contributed by atoms with E-state index in [9.17, 15) is 13.2 Å². The fourth-order valence-electron chi connectivity index (χ4n) is 0.204. The second kappa shape index (κ2) is 21.0. The van der Waals surface area contributed by atoms with Gasteiger partial charge in [0, 0.05) is 13.5 Å². The lowest BCUT2D eigenvalue weighted by molar-refractivity contribution is -0.192. The molecule has 0 unspecified atom stereocenters. The lowest BCUT2D eigenvalue weighted by Crippen LogP contribution is -2.21. The van der Waals surface area contributed by atoms with Crippen LogP contribution in [0.5, 0.6) is 0 Å². The average Bonchev–Trinajstić information content (AvgIpc) is 2.20. The maximum absolute atomic E-state index is 10.6. The van der Waals surface area contributed by atoms with Crippen molar-refractivity contribution in [3.8, 4) is 6.07 Å². The second-order valence-corrected chi connectivity index (χ2v) is 2.48. The maximum atomic E-state index is 10.6. The van der Waals surface area contributed by atoms with E-state index in [4.69, 9.17) is 26.0 Å². The van der Waals surface area contributed by atoms with Crippen molar-refractivity contribution in [1.29, 1.82) is 5.26 Å². The number of carboxylic acid groups (broad SMARTS) is 1. The van der Waals surface area contributed by atoms with Gasteiger partial charge >= 0.3 is 12.1 Å². The van der Waals surface area contributed by atoms with Crippen LogP contribution in [0, 0.1) is 11.3 Å². The highest BCUT2D eigenvalue weighted by molar-refractivity contribution is 5.73. The lowest BCUT2D eigenvalue weighted by atomic mass is 10.3. The van der Waals surface area contributed by atoms with Gasteiger partial charge in [0.25, 0.3) is 0 Å². The van der Waals surface area contributed by atoms with E-state index in [-0.39, 0.29) is 6.61 Å². The number of carbonyl (C=O) groups is 1. The number of nitrogens with two attached hydrogens (primary N) is 1. The number of rotatable bonds is 2. The largest absolute Gasteiger partial charge is 0.490 e. The molecule has 0 atom stereocenters. The Kier molecular flexibility index (Phi) is 29.8. The minimum Gasteiger partial charge on any atom is -0.475 e. The van der Waals surface area contributed by atoms with E-state index in [2.05, 4.69) is 6.92 Å². The third kappa shape index (κ3) is 61.6. The Balaban J connectivity index is -0.0000000784. The van der Waals surface area contributed by atoms with E-state index in [0.29, 0.717) is 0 Å². The highest BCUT2D eigenvalue weighted by Gasteiger charge is 2.38. The number of carboxylic acids is 1. The molecule has 0 rings (SSSR count). The van der Waals surface area contributed by atoms with E-state index in [1.54, 1.807) is 13.0 Å². The highest BCUT2D eigenvalue weighted by Crippen LogP contribution is 2.13. The molecule has 110 valence electrons. The van der Waals surface area contributed by atoms with Crippen molar-refractivity contribution in [3.63, 3.8) is 0 Å². The summed E-state index contributed by atoms with van der Waals surface area (Å²) in [5, 5.41) is 22.0. The lowest BCUT2D eigenvalue weighted by Gasteiger charge is -1.93. The molecule has 0 fully saturated rings. The first kappa shape index (κ1) is 25.5. The number of halogens is 3. The first-order valence-electron chi connectivity index (χ1n) is 5.11. The Morgan fingerprint density at radius 3 is 1.61 bits per heavy atom. The smallest absolute Gasteiger partial charge is 0.475 e. The van der Waals surface area contributed by atoms with Crippen LogP contribution in [0.3, 0.4) is 0 Å². The third-order valence-electron chi connectivity index (χ3n) is 0.800. The fraction of sp³-hybridized carbons (Fsp3) is 0.800.